The zero-order chi connectivity index (χ0) is 20.0. The maximum Gasteiger partial charge on any atom is 0.408 e. The van der Waals surface area contributed by atoms with Crippen LogP contribution in [-0.2, 0) is 14.3 Å². The van der Waals surface area contributed by atoms with Gasteiger partial charge in [0.15, 0.2) is 6.04 Å². The third-order valence-corrected chi connectivity index (χ3v) is 3.01. The van der Waals surface area contributed by atoms with Gasteiger partial charge in [-0.15, -0.1) is 0 Å². The average molecular weight is 367 g/mol. The Kier molecular flexibility index (Phi) is 7.44. The minimum Gasteiger partial charge on any atom is -0.491 e. The second-order valence-corrected chi connectivity index (χ2v) is 7.80. The third kappa shape index (κ3) is 8.71. The van der Waals surface area contributed by atoms with E-state index in [2.05, 4.69) is 5.32 Å². The highest BCUT2D eigenvalue weighted by molar-refractivity contribution is 5.81. The molecule has 7 heteroatoms. The molecular weight excluding hydrogens is 338 g/mol. The number of amides is 1. The van der Waals surface area contributed by atoms with Crippen molar-refractivity contribution in [2.75, 3.05) is 13.2 Å². The molecule has 0 fully saturated rings. The fourth-order valence-electron chi connectivity index (χ4n) is 1.98. The molecule has 1 atom stereocenters. The predicted octanol–water partition coefficient (Wildman–Crippen LogP) is 3.53. The fourth-order valence-corrected chi connectivity index (χ4v) is 1.98. The smallest absolute Gasteiger partial charge is 0.408 e. The summed E-state index contributed by atoms with van der Waals surface area (Å²) in [6, 6.07) is 5.29. The molecule has 0 saturated heterocycles. The van der Waals surface area contributed by atoms with Crippen LogP contribution < -0.4 is 10.1 Å². The highest BCUT2D eigenvalue weighted by atomic mass is 16.6. The molecule has 0 bridgehead atoms. The van der Waals surface area contributed by atoms with Crippen molar-refractivity contribution in [3.8, 4) is 5.75 Å². The molecule has 2 N–H and O–H groups in total. The molecule has 0 aliphatic heterocycles. The van der Waals surface area contributed by atoms with Gasteiger partial charge in [-0.25, -0.2) is 9.59 Å². The van der Waals surface area contributed by atoms with E-state index in [9.17, 15) is 14.7 Å². The maximum absolute atomic E-state index is 11.8. The molecule has 0 aromatic heterocycles. The summed E-state index contributed by atoms with van der Waals surface area (Å²) in [5.41, 5.74) is -0.517. The largest absolute Gasteiger partial charge is 0.491 e. The Labute approximate surface area is 154 Å². The van der Waals surface area contributed by atoms with Crippen molar-refractivity contribution in [3.05, 3.63) is 29.8 Å². The van der Waals surface area contributed by atoms with E-state index in [1.807, 2.05) is 20.8 Å². The van der Waals surface area contributed by atoms with Gasteiger partial charge in [0, 0.05) is 0 Å². The van der Waals surface area contributed by atoms with Gasteiger partial charge in [-0.05, 0) is 59.2 Å². The Morgan fingerprint density at radius 3 is 2.04 bits per heavy atom. The molecule has 0 spiro atoms. The quantitative estimate of drug-likeness (QED) is 0.716. The summed E-state index contributed by atoms with van der Waals surface area (Å²) in [5, 5.41) is 11.7. The van der Waals surface area contributed by atoms with Crippen molar-refractivity contribution in [2.24, 2.45) is 0 Å². The number of aliphatic carboxylic acids is 1. The first-order chi connectivity index (χ1) is 11.9. The number of ether oxygens (including phenoxy) is 3. The average Bonchev–Trinajstić information content (AvgIpc) is 2.47. The maximum atomic E-state index is 11.8. The lowest BCUT2D eigenvalue weighted by molar-refractivity contribution is -0.139. The summed E-state index contributed by atoms with van der Waals surface area (Å²) in [5.74, 6) is -0.587. The van der Waals surface area contributed by atoms with Crippen molar-refractivity contribution in [1.82, 2.24) is 5.32 Å². The van der Waals surface area contributed by atoms with Crippen molar-refractivity contribution in [2.45, 2.75) is 58.8 Å². The zero-order valence-corrected chi connectivity index (χ0v) is 16.3. The third-order valence-electron chi connectivity index (χ3n) is 3.01. The normalized spacial score (nSPS) is 13.0. The van der Waals surface area contributed by atoms with Gasteiger partial charge in [-0.1, -0.05) is 12.1 Å². The summed E-state index contributed by atoms with van der Waals surface area (Å²) in [4.78, 5) is 23.3. The topological polar surface area (TPSA) is 94.1 Å². The van der Waals surface area contributed by atoms with Gasteiger partial charge in [-0.2, -0.15) is 0 Å². The molecular formula is C19H29NO6. The highest BCUT2D eigenvalue weighted by Gasteiger charge is 2.25. The number of nitrogens with one attached hydrogen (secondary N) is 1. The van der Waals surface area contributed by atoms with E-state index in [0.29, 0.717) is 24.5 Å². The number of carboxylic acids is 1. The highest BCUT2D eigenvalue weighted by Crippen LogP contribution is 2.19. The van der Waals surface area contributed by atoms with E-state index in [1.54, 1.807) is 45.0 Å². The SMILES string of the molecule is CC(C)(C)OCCOc1ccc(C(NC(=O)OC(C)(C)C)C(=O)O)cc1. The van der Waals surface area contributed by atoms with Crippen LogP contribution in [0.5, 0.6) is 5.75 Å². The van der Waals surface area contributed by atoms with Crippen molar-refractivity contribution in [3.63, 3.8) is 0 Å². The number of alkyl carbamates (subject to hydrolysis) is 1. The first kappa shape index (κ1) is 21.8. The van der Waals surface area contributed by atoms with Gasteiger partial charge in [0.2, 0.25) is 0 Å². The summed E-state index contributed by atoms with van der Waals surface area (Å²) in [6.45, 7) is 11.8. The zero-order valence-electron chi connectivity index (χ0n) is 16.3. The lowest BCUT2D eigenvalue weighted by atomic mass is 10.1. The number of carboxylic acid groups (broad SMARTS) is 1. The molecule has 0 radical (unpaired) electrons. The summed E-state index contributed by atoms with van der Waals surface area (Å²) >= 11 is 0. The van der Waals surface area contributed by atoms with Gasteiger partial charge in [-0.3, -0.25) is 0 Å². The number of benzene rings is 1. The molecule has 1 amide bonds. The second kappa shape index (κ2) is 8.89. The van der Waals surface area contributed by atoms with Crippen LogP contribution in [0.2, 0.25) is 0 Å². The molecule has 1 rings (SSSR count). The van der Waals surface area contributed by atoms with Crippen LogP contribution in [0.25, 0.3) is 0 Å². The van der Waals surface area contributed by atoms with Crippen LogP contribution in [-0.4, -0.2) is 41.6 Å². The van der Waals surface area contributed by atoms with Gasteiger partial charge < -0.3 is 24.6 Å². The van der Waals surface area contributed by atoms with E-state index in [4.69, 9.17) is 14.2 Å². The number of carbonyl (C=O) groups excluding carboxylic acids is 1. The van der Waals surface area contributed by atoms with Crippen LogP contribution in [0.1, 0.15) is 53.1 Å². The van der Waals surface area contributed by atoms with E-state index >= 15 is 0 Å². The molecule has 0 aliphatic rings. The van der Waals surface area contributed by atoms with Crippen molar-refractivity contribution in [1.29, 1.82) is 0 Å². The number of rotatable bonds is 7. The number of hydrogen-bond acceptors (Lipinski definition) is 5. The van der Waals surface area contributed by atoms with Gasteiger partial charge in [0.25, 0.3) is 0 Å². The molecule has 1 aromatic rings. The molecule has 0 saturated carbocycles. The van der Waals surface area contributed by atoms with Crippen LogP contribution in [0.4, 0.5) is 4.79 Å². The second-order valence-electron chi connectivity index (χ2n) is 7.80. The number of carbonyl (C=O) groups is 2. The van der Waals surface area contributed by atoms with E-state index in [-0.39, 0.29) is 5.60 Å². The lowest BCUT2D eigenvalue weighted by Gasteiger charge is -2.22. The van der Waals surface area contributed by atoms with E-state index < -0.39 is 23.7 Å². The molecule has 0 aliphatic carbocycles. The van der Waals surface area contributed by atoms with Crippen molar-refractivity contribution >= 4 is 12.1 Å². The molecule has 0 heterocycles. The lowest BCUT2D eigenvalue weighted by Crippen LogP contribution is -2.38. The van der Waals surface area contributed by atoms with Crippen LogP contribution >= 0.6 is 0 Å². The fraction of sp³-hybridized carbons (Fsp3) is 0.579. The minimum absolute atomic E-state index is 0.227. The first-order valence-electron chi connectivity index (χ1n) is 8.46. The van der Waals surface area contributed by atoms with Gasteiger partial charge in [0.1, 0.15) is 18.0 Å². The minimum atomic E-state index is -1.21. The Morgan fingerprint density at radius 2 is 1.58 bits per heavy atom. The Balaban J connectivity index is 2.65. The molecule has 146 valence electrons. The van der Waals surface area contributed by atoms with Crippen molar-refractivity contribution < 1.29 is 28.9 Å². The van der Waals surface area contributed by atoms with Gasteiger partial charge >= 0.3 is 12.1 Å². The van der Waals surface area contributed by atoms with E-state index in [1.165, 1.54) is 0 Å². The Morgan fingerprint density at radius 1 is 1.00 bits per heavy atom. The van der Waals surface area contributed by atoms with Crippen LogP contribution in [0, 0.1) is 0 Å². The Bertz CT molecular complexity index is 598. The molecule has 26 heavy (non-hydrogen) atoms. The number of hydrogen-bond donors (Lipinski definition) is 2. The standard InChI is InChI=1S/C19H29NO6/c1-18(2,3)25-12-11-24-14-9-7-13(8-10-14)15(16(21)22)20-17(23)26-19(4,5)6/h7-10,15H,11-12H2,1-6H3,(H,20,23)(H,21,22). The summed E-state index contributed by atoms with van der Waals surface area (Å²) in [7, 11) is 0. The first-order valence-corrected chi connectivity index (χ1v) is 8.46. The summed E-state index contributed by atoms with van der Waals surface area (Å²) in [6.07, 6.45) is -0.787. The van der Waals surface area contributed by atoms with Crippen LogP contribution in [0.15, 0.2) is 24.3 Å². The van der Waals surface area contributed by atoms with Crippen LogP contribution in [0.3, 0.4) is 0 Å². The summed E-state index contributed by atoms with van der Waals surface area (Å²) < 4.78 is 16.2. The van der Waals surface area contributed by atoms with Gasteiger partial charge in [0.05, 0.1) is 12.2 Å². The molecule has 1 unspecified atom stereocenters. The Hall–Kier alpha value is -2.28. The monoisotopic (exact) mass is 367 g/mol. The molecule has 7 nitrogen and oxygen atoms in total. The molecule has 1 aromatic carbocycles. The van der Waals surface area contributed by atoms with E-state index in [0.717, 1.165) is 0 Å². The predicted molar refractivity (Wildman–Crippen MR) is 97.4 cm³/mol.